The number of para-hydroxylation sites is 1. The molecule has 0 amide bonds. The molecule has 0 aliphatic rings. The number of rotatable bonds is 0. The molecule has 80 valence electrons. The van der Waals surface area contributed by atoms with E-state index < -0.39 is 0 Å². The average molecular weight is 220 g/mol. The van der Waals surface area contributed by atoms with E-state index >= 15 is 0 Å². The number of fused-ring (bicyclic) bond motifs is 3. The van der Waals surface area contributed by atoms with Crippen LogP contribution in [0.25, 0.3) is 27.2 Å². The van der Waals surface area contributed by atoms with Crippen molar-refractivity contribution in [3.63, 3.8) is 0 Å². The summed E-state index contributed by atoms with van der Waals surface area (Å²) in [4.78, 5) is 16.2. The van der Waals surface area contributed by atoms with Crippen LogP contribution in [0, 0.1) is 0 Å². The van der Waals surface area contributed by atoms with Crippen LogP contribution >= 0.6 is 0 Å². The molecule has 0 aliphatic carbocycles. The smallest absolute Gasteiger partial charge is 0.255 e. The van der Waals surface area contributed by atoms with Gasteiger partial charge in [-0.2, -0.15) is 0 Å². The van der Waals surface area contributed by atoms with Crippen LogP contribution < -0.4 is 5.56 Å². The zero-order valence-corrected chi connectivity index (χ0v) is 8.92. The molecule has 0 radical (unpaired) electrons. The molecule has 4 aromatic rings. The lowest BCUT2D eigenvalue weighted by Crippen LogP contribution is -2.09. The molecule has 4 rings (SSSR count). The first-order chi connectivity index (χ1) is 8.36. The maximum absolute atomic E-state index is 12.0. The number of aromatic nitrogens is 2. The van der Waals surface area contributed by atoms with Gasteiger partial charge in [0.2, 0.25) is 0 Å². The Hall–Kier alpha value is -2.42. The Morgan fingerprint density at radius 1 is 0.941 bits per heavy atom. The van der Waals surface area contributed by atoms with Crippen LogP contribution in [0.1, 0.15) is 0 Å². The van der Waals surface area contributed by atoms with Gasteiger partial charge in [-0.1, -0.05) is 18.2 Å². The summed E-state index contributed by atoms with van der Waals surface area (Å²) in [5.74, 6) is 0. The third kappa shape index (κ3) is 0.959. The van der Waals surface area contributed by atoms with Crippen molar-refractivity contribution in [1.29, 1.82) is 0 Å². The van der Waals surface area contributed by atoms with Gasteiger partial charge in [0.05, 0.1) is 11.0 Å². The van der Waals surface area contributed by atoms with Gasteiger partial charge in [0.1, 0.15) is 0 Å². The molecule has 3 heterocycles. The van der Waals surface area contributed by atoms with Gasteiger partial charge in [0, 0.05) is 34.6 Å². The fourth-order valence-corrected chi connectivity index (χ4v) is 2.52. The minimum atomic E-state index is 0.00917. The second-order valence-corrected chi connectivity index (χ2v) is 4.15. The third-order valence-electron chi connectivity index (χ3n) is 3.23. The van der Waals surface area contributed by atoms with Crippen LogP contribution in [0.3, 0.4) is 0 Å². The highest BCUT2D eigenvalue weighted by Gasteiger charge is 2.11. The van der Waals surface area contributed by atoms with E-state index in [2.05, 4.69) is 4.98 Å². The normalized spacial score (nSPS) is 11.8. The second-order valence-electron chi connectivity index (χ2n) is 4.15. The van der Waals surface area contributed by atoms with Gasteiger partial charge in [0.25, 0.3) is 5.56 Å². The van der Waals surface area contributed by atoms with Crippen LogP contribution in [-0.4, -0.2) is 9.38 Å². The van der Waals surface area contributed by atoms with Crippen molar-refractivity contribution in [1.82, 2.24) is 9.38 Å². The summed E-state index contributed by atoms with van der Waals surface area (Å²) < 4.78 is 1.77. The van der Waals surface area contributed by atoms with Crippen molar-refractivity contribution in [2.75, 3.05) is 0 Å². The van der Waals surface area contributed by atoms with Crippen LogP contribution in [0.2, 0.25) is 0 Å². The van der Waals surface area contributed by atoms with E-state index in [9.17, 15) is 4.79 Å². The molecule has 1 aromatic carbocycles. The summed E-state index contributed by atoms with van der Waals surface area (Å²) in [5.41, 5.74) is 1.93. The van der Waals surface area contributed by atoms with Crippen molar-refractivity contribution in [2.45, 2.75) is 0 Å². The van der Waals surface area contributed by atoms with Gasteiger partial charge < -0.3 is 0 Å². The Morgan fingerprint density at radius 3 is 2.76 bits per heavy atom. The first-order valence-electron chi connectivity index (χ1n) is 5.46. The standard InChI is InChI=1S/C14H8N2O/c17-13-6-5-9-7-15-8-11-10-3-1-2-4-12(10)16(13)14(9)11/h1-8H. The summed E-state index contributed by atoms with van der Waals surface area (Å²) in [6.07, 6.45) is 3.62. The maximum atomic E-state index is 12.0. The average Bonchev–Trinajstić information content (AvgIpc) is 2.71. The van der Waals surface area contributed by atoms with Crippen molar-refractivity contribution < 1.29 is 0 Å². The first kappa shape index (κ1) is 8.70. The molecule has 3 aromatic heterocycles. The van der Waals surface area contributed by atoms with E-state index in [0.29, 0.717) is 0 Å². The van der Waals surface area contributed by atoms with E-state index in [1.165, 1.54) is 0 Å². The number of pyridine rings is 2. The SMILES string of the molecule is O=c1ccc2cncc3c4ccccc4n1c23. The Balaban J connectivity index is 2.57. The van der Waals surface area contributed by atoms with E-state index in [1.807, 2.05) is 36.5 Å². The summed E-state index contributed by atoms with van der Waals surface area (Å²) in [7, 11) is 0. The third-order valence-corrected chi connectivity index (χ3v) is 3.23. The monoisotopic (exact) mass is 220 g/mol. The molecule has 0 bridgehead atoms. The fraction of sp³-hybridized carbons (Fsp3) is 0. The van der Waals surface area contributed by atoms with Crippen molar-refractivity contribution >= 4 is 27.2 Å². The lowest BCUT2D eigenvalue weighted by Gasteiger charge is -1.98. The van der Waals surface area contributed by atoms with Gasteiger partial charge in [-0.15, -0.1) is 0 Å². The quantitative estimate of drug-likeness (QED) is 0.456. The zero-order chi connectivity index (χ0) is 11.4. The molecule has 0 N–H and O–H groups in total. The lowest BCUT2D eigenvalue weighted by molar-refractivity contribution is 1.18. The molecule has 0 spiro atoms. The highest BCUT2D eigenvalue weighted by Crippen LogP contribution is 2.28. The van der Waals surface area contributed by atoms with E-state index in [1.54, 1.807) is 16.7 Å². The predicted molar refractivity (Wildman–Crippen MR) is 67.7 cm³/mol. The van der Waals surface area contributed by atoms with Crippen LogP contribution in [0.5, 0.6) is 0 Å². The Kier molecular flexibility index (Phi) is 1.45. The topological polar surface area (TPSA) is 34.4 Å². The molecule has 3 heteroatoms. The van der Waals surface area contributed by atoms with Crippen LogP contribution in [0.15, 0.2) is 53.6 Å². The fourth-order valence-electron chi connectivity index (χ4n) is 2.52. The van der Waals surface area contributed by atoms with Gasteiger partial charge in [-0.25, -0.2) is 0 Å². The molecule has 3 nitrogen and oxygen atoms in total. The lowest BCUT2D eigenvalue weighted by atomic mass is 10.2. The van der Waals surface area contributed by atoms with Gasteiger partial charge in [-0.3, -0.25) is 14.2 Å². The highest BCUT2D eigenvalue weighted by atomic mass is 16.1. The van der Waals surface area contributed by atoms with Crippen LogP contribution in [-0.2, 0) is 0 Å². The van der Waals surface area contributed by atoms with Crippen LogP contribution in [0.4, 0.5) is 0 Å². The van der Waals surface area contributed by atoms with Gasteiger partial charge in [-0.05, 0) is 12.1 Å². The number of benzene rings is 1. The molecular formula is C14H8N2O. The summed E-state index contributed by atoms with van der Waals surface area (Å²) in [6, 6.07) is 11.3. The first-order valence-corrected chi connectivity index (χ1v) is 5.46. The Labute approximate surface area is 96.3 Å². The molecule has 0 unspecified atom stereocenters. The van der Waals surface area contributed by atoms with Crippen molar-refractivity contribution in [3.8, 4) is 0 Å². The predicted octanol–water partition coefficient (Wildman–Crippen LogP) is 2.44. The second kappa shape index (κ2) is 2.83. The molecule has 0 fully saturated rings. The molecule has 0 saturated carbocycles. The van der Waals surface area contributed by atoms with Crippen molar-refractivity contribution in [3.05, 3.63) is 59.1 Å². The number of hydrogen-bond acceptors (Lipinski definition) is 2. The largest absolute Gasteiger partial charge is 0.276 e. The molecule has 17 heavy (non-hydrogen) atoms. The van der Waals surface area contributed by atoms with E-state index in [-0.39, 0.29) is 5.56 Å². The molecule has 0 atom stereocenters. The number of hydrogen-bond donors (Lipinski definition) is 0. The van der Waals surface area contributed by atoms with E-state index in [0.717, 1.165) is 27.2 Å². The maximum Gasteiger partial charge on any atom is 0.255 e. The minimum absolute atomic E-state index is 0.00917. The minimum Gasteiger partial charge on any atom is -0.276 e. The van der Waals surface area contributed by atoms with E-state index in [4.69, 9.17) is 0 Å². The molecule has 0 saturated heterocycles. The zero-order valence-electron chi connectivity index (χ0n) is 8.92. The van der Waals surface area contributed by atoms with Crippen molar-refractivity contribution in [2.24, 2.45) is 0 Å². The van der Waals surface area contributed by atoms with Gasteiger partial charge >= 0.3 is 0 Å². The summed E-state index contributed by atoms with van der Waals surface area (Å²) in [5, 5.41) is 3.11. The summed E-state index contributed by atoms with van der Waals surface area (Å²) >= 11 is 0. The molecular weight excluding hydrogens is 212 g/mol. The Morgan fingerprint density at radius 2 is 1.82 bits per heavy atom. The summed E-state index contributed by atoms with van der Waals surface area (Å²) in [6.45, 7) is 0. The van der Waals surface area contributed by atoms with Gasteiger partial charge in [0.15, 0.2) is 0 Å². The highest BCUT2D eigenvalue weighted by molar-refractivity contribution is 6.13. The Bertz CT molecular complexity index is 908. The number of nitrogens with zero attached hydrogens (tertiary/aromatic N) is 2. The molecule has 0 aliphatic heterocycles.